The summed E-state index contributed by atoms with van der Waals surface area (Å²) in [7, 11) is 0. The van der Waals surface area contributed by atoms with Crippen molar-refractivity contribution >= 4 is 11.3 Å². The minimum absolute atomic E-state index is 0.296. The van der Waals surface area contributed by atoms with E-state index in [1.165, 1.54) is 42.8 Å². The van der Waals surface area contributed by atoms with Gasteiger partial charge in [-0.2, -0.15) is 0 Å². The van der Waals surface area contributed by atoms with E-state index in [1.54, 1.807) is 11.3 Å². The van der Waals surface area contributed by atoms with Gasteiger partial charge in [0.2, 0.25) is 0 Å². The van der Waals surface area contributed by atoms with Crippen molar-refractivity contribution in [1.82, 2.24) is 10.3 Å². The molecule has 0 radical (unpaired) electrons. The summed E-state index contributed by atoms with van der Waals surface area (Å²) in [5.74, 6) is 0.818. The van der Waals surface area contributed by atoms with Crippen molar-refractivity contribution in [2.75, 3.05) is 13.2 Å². The second-order valence-corrected chi connectivity index (χ2v) is 7.99. The van der Waals surface area contributed by atoms with Gasteiger partial charge in [-0.05, 0) is 51.4 Å². The molecule has 3 nitrogen and oxygen atoms in total. The molecule has 3 fully saturated rings. The van der Waals surface area contributed by atoms with E-state index >= 15 is 0 Å². The van der Waals surface area contributed by atoms with Crippen LogP contribution >= 0.6 is 11.3 Å². The molecule has 20 heavy (non-hydrogen) atoms. The molecular weight excluding hydrogens is 268 g/mol. The molecule has 2 unspecified atom stereocenters. The Morgan fingerprint density at radius 3 is 2.90 bits per heavy atom. The molecule has 2 atom stereocenters. The van der Waals surface area contributed by atoms with E-state index in [1.807, 2.05) is 0 Å². The van der Waals surface area contributed by atoms with Gasteiger partial charge in [-0.3, -0.25) is 0 Å². The number of thiazole rings is 1. The first-order valence-electron chi connectivity index (χ1n) is 8.01. The smallest absolute Gasteiger partial charge is 0.0897 e. The minimum atomic E-state index is 0.296. The molecule has 0 spiro atoms. The van der Waals surface area contributed by atoms with E-state index < -0.39 is 0 Å². The standard InChI is InChI=1S/C16H24N2OS/c1-11-18-14(9-20-11)8-16(10-17-13-4-5-13)6-7-19-15(16)12-2-3-12/h9,12-13,15,17H,2-8,10H2,1H3. The van der Waals surface area contributed by atoms with Gasteiger partial charge >= 0.3 is 0 Å². The highest BCUT2D eigenvalue weighted by atomic mass is 32.1. The van der Waals surface area contributed by atoms with E-state index in [9.17, 15) is 0 Å². The van der Waals surface area contributed by atoms with Gasteiger partial charge in [0.25, 0.3) is 0 Å². The van der Waals surface area contributed by atoms with E-state index in [-0.39, 0.29) is 0 Å². The zero-order chi connectivity index (χ0) is 13.6. The maximum absolute atomic E-state index is 6.16. The van der Waals surface area contributed by atoms with Crippen molar-refractivity contribution in [2.45, 2.75) is 57.6 Å². The minimum Gasteiger partial charge on any atom is -0.377 e. The summed E-state index contributed by atoms with van der Waals surface area (Å²) in [5, 5.41) is 7.21. The first kappa shape index (κ1) is 13.2. The Hall–Kier alpha value is -0.450. The molecule has 0 amide bonds. The predicted octanol–water partition coefficient (Wildman–Crippen LogP) is 2.93. The third-order valence-corrected chi connectivity index (χ3v) is 5.89. The zero-order valence-electron chi connectivity index (χ0n) is 12.2. The van der Waals surface area contributed by atoms with Gasteiger partial charge in [0, 0.05) is 30.0 Å². The lowest BCUT2D eigenvalue weighted by atomic mass is 9.75. The maximum atomic E-state index is 6.16. The normalized spacial score (nSPS) is 33.8. The van der Waals surface area contributed by atoms with Crippen LogP contribution in [0, 0.1) is 18.3 Å². The highest BCUT2D eigenvalue weighted by molar-refractivity contribution is 7.09. The number of nitrogens with one attached hydrogen (secondary N) is 1. The largest absolute Gasteiger partial charge is 0.377 e. The number of rotatable bonds is 6. The molecular formula is C16H24N2OS. The Morgan fingerprint density at radius 1 is 1.40 bits per heavy atom. The summed E-state index contributed by atoms with van der Waals surface area (Å²) in [5.41, 5.74) is 1.57. The molecule has 0 aromatic carbocycles. The Morgan fingerprint density at radius 2 is 2.25 bits per heavy atom. The lowest BCUT2D eigenvalue weighted by molar-refractivity contribution is 0.0301. The van der Waals surface area contributed by atoms with Crippen LogP contribution in [0.15, 0.2) is 5.38 Å². The van der Waals surface area contributed by atoms with Crippen molar-refractivity contribution in [3.63, 3.8) is 0 Å². The zero-order valence-corrected chi connectivity index (χ0v) is 13.0. The predicted molar refractivity (Wildman–Crippen MR) is 81.1 cm³/mol. The first-order chi connectivity index (χ1) is 9.75. The van der Waals surface area contributed by atoms with Crippen molar-refractivity contribution in [1.29, 1.82) is 0 Å². The van der Waals surface area contributed by atoms with Crippen LogP contribution in [0.2, 0.25) is 0 Å². The molecule has 4 rings (SSSR count). The second kappa shape index (κ2) is 5.08. The monoisotopic (exact) mass is 292 g/mol. The molecule has 1 saturated heterocycles. The average molecular weight is 292 g/mol. The van der Waals surface area contributed by atoms with Crippen LogP contribution < -0.4 is 5.32 Å². The molecule has 1 aromatic rings. The Labute approximate surface area is 125 Å². The quantitative estimate of drug-likeness (QED) is 0.875. The van der Waals surface area contributed by atoms with Crippen LogP contribution in [0.1, 0.15) is 42.8 Å². The van der Waals surface area contributed by atoms with Crippen molar-refractivity contribution < 1.29 is 4.74 Å². The van der Waals surface area contributed by atoms with Gasteiger partial charge in [0.15, 0.2) is 0 Å². The number of ether oxygens (including phenoxy) is 1. The fourth-order valence-corrected chi connectivity index (χ4v) is 4.28. The van der Waals surface area contributed by atoms with Crippen molar-refractivity contribution in [3.8, 4) is 0 Å². The average Bonchev–Trinajstić information content (AvgIpc) is 3.35. The van der Waals surface area contributed by atoms with Crippen LogP contribution in [-0.2, 0) is 11.2 Å². The summed E-state index contributed by atoms with van der Waals surface area (Å²) in [6.45, 7) is 4.17. The lowest BCUT2D eigenvalue weighted by Gasteiger charge is -2.34. The third-order valence-electron chi connectivity index (χ3n) is 5.07. The van der Waals surface area contributed by atoms with E-state index in [2.05, 4.69) is 17.6 Å². The lowest BCUT2D eigenvalue weighted by Crippen LogP contribution is -2.44. The Bertz CT molecular complexity index is 481. The van der Waals surface area contributed by atoms with E-state index in [4.69, 9.17) is 9.72 Å². The molecule has 2 saturated carbocycles. The van der Waals surface area contributed by atoms with Crippen LogP contribution in [0.4, 0.5) is 0 Å². The third kappa shape index (κ3) is 2.66. The summed E-state index contributed by atoms with van der Waals surface area (Å²) >= 11 is 1.78. The number of hydrogen-bond donors (Lipinski definition) is 1. The van der Waals surface area contributed by atoms with E-state index in [0.29, 0.717) is 11.5 Å². The molecule has 1 aliphatic heterocycles. The Balaban J connectivity index is 1.53. The second-order valence-electron chi connectivity index (χ2n) is 6.93. The van der Waals surface area contributed by atoms with Gasteiger partial charge in [0.1, 0.15) is 0 Å². The molecule has 110 valence electrons. The topological polar surface area (TPSA) is 34.2 Å². The molecule has 1 N–H and O–H groups in total. The van der Waals surface area contributed by atoms with Gasteiger partial charge in [0.05, 0.1) is 16.8 Å². The molecule has 4 heteroatoms. The summed E-state index contributed by atoms with van der Waals surface area (Å²) in [6.07, 6.45) is 8.22. The van der Waals surface area contributed by atoms with Crippen LogP contribution in [0.5, 0.6) is 0 Å². The van der Waals surface area contributed by atoms with Gasteiger partial charge < -0.3 is 10.1 Å². The molecule has 3 aliphatic rings. The number of nitrogens with zero attached hydrogens (tertiary/aromatic N) is 1. The molecule has 2 aliphatic carbocycles. The highest BCUT2D eigenvalue weighted by Crippen LogP contribution is 2.49. The first-order valence-corrected chi connectivity index (χ1v) is 8.89. The highest BCUT2D eigenvalue weighted by Gasteiger charge is 2.51. The van der Waals surface area contributed by atoms with Gasteiger partial charge in [-0.25, -0.2) is 4.98 Å². The summed E-state index contributed by atoms with van der Waals surface area (Å²) in [6, 6.07) is 0.782. The summed E-state index contributed by atoms with van der Waals surface area (Å²) < 4.78 is 6.16. The summed E-state index contributed by atoms with van der Waals surface area (Å²) in [4.78, 5) is 4.71. The van der Waals surface area contributed by atoms with Crippen LogP contribution in [0.3, 0.4) is 0 Å². The van der Waals surface area contributed by atoms with Crippen LogP contribution in [0.25, 0.3) is 0 Å². The van der Waals surface area contributed by atoms with Gasteiger partial charge in [-0.1, -0.05) is 0 Å². The number of aryl methyl sites for hydroxylation is 1. The van der Waals surface area contributed by atoms with E-state index in [0.717, 1.165) is 31.5 Å². The molecule has 2 heterocycles. The van der Waals surface area contributed by atoms with Gasteiger partial charge in [-0.15, -0.1) is 11.3 Å². The Kier molecular flexibility index (Phi) is 3.36. The van der Waals surface area contributed by atoms with Crippen LogP contribution in [-0.4, -0.2) is 30.3 Å². The molecule has 0 bridgehead atoms. The fraction of sp³-hybridized carbons (Fsp3) is 0.812. The SMILES string of the molecule is Cc1nc(CC2(CNC3CC3)CCOC2C2CC2)cs1. The van der Waals surface area contributed by atoms with Crippen molar-refractivity contribution in [2.24, 2.45) is 11.3 Å². The number of aromatic nitrogens is 1. The fourth-order valence-electron chi connectivity index (χ4n) is 3.67. The van der Waals surface area contributed by atoms with Crippen molar-refractivity contribution in [3.05, 3.63) is 16.1 Å². The maximum Gasteiger partial charge on any atom is 0.0897 e. The molecule has 1 aromatic heterocycles. The number of hydrogen-bond acceptors (Lipinski definition) is 4.